The van der Waals surface area contributed by atoms with Crippen LogP contribution in [-0.4, -0.2) is 57.6 Å². The topological polar surface area (TPSA) is 87.7 Å². The van der Waals surface area contributed by atoms with E-state index in [9.17, 15) is 13.2 Å². The second-order valence-corrected chi connectivity index (χ2v) is 8.11. The summed E-state index contributed by atoms with van der Waals surface area (Å²) in [7, 11) is -3.56. The summed E-state index contributed by atoms with van der Waals surface area (Å²) in [6, 6.07) is 6.17. The van der Waals surface area contributed by atoms with Crippen LogP contribution < -0.4 is 10.0 Å². The number of rotatable bonds is 7. The molecule has 1 amide bonds. The summed E-state index contributed by atoms with van der Waals surface area (Å²) in [5, 5.41) is 2.69. The molecule has 1 aliphatic rings. The van der Waals surface area contributed by atoms with Crippen LogP contribution in [0.2, 0.25) is 0 Å². The molecule has 1 saturated heterocycles. The molecule has 0 unspecified atom stereocenters. The minimum absolute atomic E-state index is 0.109. The minimum Gasteiger partial charge on any atom is -0.373 e. The zero-order chi connectivity index (χ0) is 18.4. The van der Waals surface area contributed by atoms with E-state index in [1.54, 1.807) is 19.1 Å². The van der Waals surface area contributed by atoms with Crippen LogP contribution in [0.4, 0.5) is 5.69 Å². The van der Waals surface area contributed by atoms with Crippen LogP contribution in [0.5, 0.6) is 0 Å². The molecule has 8 heteroatoms. The first kappa shape index (κ1) is 19.8. The van der Waals surface area contributed by atoms with Gasteiger partial charge in [-0.05, 0) is 38.1 Å². The van der Waals surface area contributed by atoms with E-state index in [0.717, 1.165) is 13.1 Å². The Kier molecular flexibility index (Phi) is 6.95. The highest BCUT2D eigenvalue weighted by Crippen LogP contribution is 2.14. The number of carbonyl (C=O) groups is 1. The van der Waals surface area contributed by atoms with Gasteiger partial charge in [0.05, 0.1) is 17.1 Å². The second kappa shape index (κ2) is 8.75. The highest BCUT2D eigenvalue weighted by atomic mass is 32.2. The molecular formula is C17H27N3O4S. The lowest BCUT2D eigenvalue weighted by Crippen LogP contribution is -2.47. The van der Waals surface area contributed by atoms with Crippen molar-refractivity contribution in [1.29, 1.82) is 0 Å². The SMILES string of the molecule is CCC(=O)Nc1ccc(S(=O)(=O)NCCN2C[C@@H](C)O[C@H](C)C2)cc1. The van der Waals surface area contributed by atoms with Gasteiger partial charge in [-0.25, -0.2) is 13.1 Å². The van der Waals surface area contributed by atoms with Gasteiger partial charge in [-0.2, -0.15) is 0 Å². The van der Waals surface area contributed by atoms with Crippen molar-refractivity contribution < 1.29 is 17.9 Å². The largest absolute Gasteiger partial charge is 0.373 e. The van der Waals surface area contributed by atoms with Gasteiger partial charge in [0.2, 0.25) is 15.9 Å². The molecule has 0 saturated carbocycles. The number of hydrogen-bond acceptors (Lipinski definition) is 5. The van der Waals surface area contributed by atoms with Crippen LogP contribution in [-0.2, 0) is 19.6 Å². The molecule has 0 spiro atoms. The summed E-state index contributed by atoms with van der Waals surface area (Å²) in [6.07, 6.45) is 0.692. The predicted molar refractivity (Wildman–Crippen MR) is 97.0 cm³/mol. The Labute approximate surface area is 149 Å². The van der Waals surface area contributed by atoms with Crippen LogP contribution in [0.25, 0.3) is 0 Å². The molecule has 7 nitrogen and oxygen atoms in total. The summed E-state index contributed by atoms with van der Waals surface area (Å²) in [6.45, 7) is 8.39. The number of hydrogen-bond donors (Lipinski definition) is 2. The molecule has 2 atom stereocenters. The van der Waals surface area contributed by atoms with Gasteiger partial charge >= 0.3 is 0 Å². The van der Waals surface area contributed by atoms with E-state index in [0.29, 0.717) is 25.2 Å². The molecule has 0 radical (unpaired) electrons. The number of anilines is 1. The van der Waals surface area contributed by atoms with Gasteiger partial charge in [0.15, 0.2) is 0 Å². The molecule has 0 aromatic heterocycles. The van der Waals surface area contributed by atoms with Gasteiger partial charge in [0.1, 0.15) is 0 Å². The lowest BCUT2D eigenvalue weighted by Gasteiger charge is -2.35. The standard InChI is InChI=1S/C17H27N3O4S/c1-4-17(21)19-15-5-7-16(8-6-15)25(22,23)18-9-10-20-11-13(2)24-14(3)12-20/h5-8,13-14,18H,4,9-12H2,1-3H3,(H,19,21)/t13-,14-/m1/s1. The number of amides is 1. The van der Waals surface area contributed by atoms with Crippen LogP contribution in [0.1, 0.15) is 27.2 Å². The van der Waals surface area contributed by atoms with Crippen LogP contribution >= 0.6 is 0 Å². The third kappa shape index (κ3) is 6.07. The van der Waals surface area contributed by atoms with Crippen molar-refractivity contribution in [3.05, 3.63) is 24.3 Å². The Hall–Kier alpha value is -1.48. The smallest absolute Gasteiger partial charge is 0.240 e. The Morgan fingerprint density at radius 3 is 2.36 bits per heavy atom. The normalized spacial score (nSPS) is 21.9. The lowest BCUT2D eigenvalue weighted by molar-refractivity contribution is -0.115. The van der Waals surface area contributed by atoms with Crippen molar-refractivity contribution in [3.8, 4) is 0 Å². The van der Waals surface area contributed by atoms with E-state index in [2.05, 4.69) is 14.9 Å². The van der Waals surface area contributed by atoms with Crippen molar-refractivity contribution in [1.82, 2.24) is 9.62 Å². The van der Waals surface area contributed by atoms with Gasteiger partial charge in [0.25, 0.3) is 0 Å². The fraction of sp³-hybridized carbons (Fsp3) is 0.588. The Morgan fingerprint density at radius 2 is 1.80 bits per heavy atom. The Bertz CT molecular complexity index is 666. The monoisotopic (exact) mass is 369 g/mol. The van der Waals surface area contributed by atoms with Crippen molar-refractivity contribution in [2.75, 3.05) is 31.5 Å². The summed E-state index contributed by atoms with van der Waals surface area (Å²) >= 11 is 0. The summed E-state index contributed by atoms with van der Waals surface area (Å²) in [4.78, 5) is 13.7. The van der Waals surface area contributed by atoms with E-state index < -0.39 is 10.0 Å². The number of nitrogens with one attached hydrogen (secondary N) is 2. The second-order valence-electron chi connectivity index (χ2n) is 6.34. The molecule has 1 aromatic carbocycles. The van der Waals surface area contributed by atoms with Crippen LogP contribution in [0.3, 0.4) is 0 Å². The molecule has 0 bridgehead atoms. The van der Waals surface area contributed by atoms with Gasteiger partial charge in [-0.1, -0.05) is 6.92 Å². The average molecular weight is 369 g/mol. The molecule has 25 heavy (non-hydrogen) atoms. The maximum Gasteiger partial charge on any atom is 0.240 e. The average Bonchev–Trinajstić information content (AvgIpc) is 2.54. The van der Waals surface area contributed by atoms with E-state index in [1.807, 2.05) is 13.8 Å². The van der Waals surface area contributed by atoms with Crippen LogP contribution in [0, 0.1) is 0 Å². The molecule has 140 valence electrons. The zero-order valence-electron chi connectivity index (χ0n) is 15.0. The third-order valence-corrected chi connectivity index (χ3v) is 5.46. The molecular weight excluding hydrogens is 342 g/mol. The number of sulfonamides is 1. The van der Waals surface area contributed by atoms with E-state index in [4.69, 9.17) is 4.74 Å². The molecule has 0 aliphatic carbocycles. The van der Waals surface area contributed by atoms with Crippen molar-refractivity contribution in [3.63, 3.8) is 0 Å². The van der Waals surface area contributed by atoms with Crippen molar-refractivity contribution in [2.45, 2.75) is 44.3 Å². The third-order valence-electron chi connectivity index (χ3n) is 3.98. The maximum atomic E-state index is 12.4. The molecule has 2 N–H and O–H groups in total. The first-order valence-corrected chi connectivity index (χ1v) is 10.1. The van der Waals surface area contributed by atoms with E-state index >= 15 is 0 Å². The van der Waals surface area contributed by atoms with Crippen LogP contribution in [0.15, 0.2) is 29.2 Å². The van der Waals surface area contributed by atoms with Gasteiger partial charge in [-0.15, -0.1) is 0 Å². The number of benzene rings is 1. The Morgan fingerprint density at radius 1 is 1.20 bits per heavy atom. The minimum atomic E-state index is -3.56. The molecule has 2 rings (SSSR count). The van der Waals surface area contributed by atoms with Gasteiger partial charge in [-0.3, -0.25) is 9.69 Å². The summed E-state index contributed by atoms with van der Waals surface area (Å²) in [5.74, 6) is -0.109. The number of carbonyl (C=O) groups excluding carboxylic acids is 1. The first-order valence-electron chi connectivity index (χ1n) is 8.57. The van der Waals surface area contributed by atoms with E-state index in [1.165, 1.54) is 12.1 Å². The van der Waals surface area contributed by atoms with Crippen molar-refractivity contribution >= 4 is 21.6 Å². The fourth-order valence-corrected chi connectivity index (χ4v) is 3.88. The number of ether oxygens (including phenoxy) is 1. The highest BCUT2D eigenvalue weighted by Gasteiger charge is 2.22. The zero-order valence-corrected chi connectivity index (χ0v) is 15.8. The molecule has 1 aromatic rings. The summed E-state index contributed by atoms with van der Waals surface area (Å²) in [5.41, 5.74) is 0.585. The molecule has 1 fully saturated rings. The maximum absolute atomic E-state index is 12.4. The molecule has 1 aliphatic heterocycles. The highest BCUT2D eigenvalue weighted by molar-refractivity contribution is 7.89. The number of morpholine rings is 1. The molecule has 1 heterocycles. The number of nitrogens with zero attached hydrogens (tertiary/aromatic N) is 1. The van der Waals surface area contributed by atoms with Gasteiger partial charge in [0, 0.05) is 38.3 Å². The quantitative estimate of drug-likeness (QED) is 0.759. The van der Waals surface area contributed by atoms with E-state index in [-0.39, 0.29) is 23.0 Å². The fourth-order valence-electron chi connectivity index (χ4n) is 2.86. The summed E-state index contributed by atoms with van der Waals surface area (Å²) < 4.78 is 33.0. The Balaban J connectivity index is 1.87. The predicted octanol–water partition coefficient (Wildman–Crippen LogP) is 1.42. The first-order chi connectivity index (χ1) is 11.8. The van der Waals surface area contributed by atoms with Gasteiger partial charge < -0.3 is 10.1 Å². The van der Waals surface area contributed by atoms with Crippen molar-refractivity contribution in [2.24, 2.45) is 0 Å². The lowest BCUT2D eigenvalue weighted by atomic mass is 10.2.